The molecule has 0 spiro atoms. The molecule has 0 saturated heterocycles. The average molecular weight is 422 g/mol. The summed E-state index contributed by atoms with van der Waals surface area (Å²) in [4.78, 5) is 39.9. The number of carbonyl (C=O) groups is 3. The Balaban J connectivity index is 1.52. The van der Waals surface area contributed by atoms with Crippen molar-refractivity contribution in [2.24, 2.45) is 0 Å². The highest BCUT2D eigenvalue weighted by Gasteiger charge is 2.27. The van der Waals surface area contributed by atoms with Gasteiger partial charge in [0.05, 0.1) is 10.6 Å². The van der Waals surface area contributed by atoms with Crippen LogP contribution in [0.3, 0.4) is 0 Å². The van der Waals surface area contributed by atoms with Crippen LogP contribution in [0.2, 0.25) is 0 Å². The molecule has 0 fully saturated rings. The third-order valence-electron chi connectivity index (χ3n) is 5.12. The Morgan fingerprint density at radius 3 is 2.63 bits per heavy atom. The number of fused-ring (bicyclic) bond motifs is 1. The Morgan fingerprint density at radius 2 is 1.87 bits per heavy atom. The second-order valence-corrected chi connectivity index (χ2v) is 7.98. The molecule has 0 aliphatic carbocycles. The maximum Gasteiger partial charge on any atom is 0.258 e. The highest BCUT2D eigenvalue weighted by molar-refractivity contribution is 7.12. The van der Waals surface area contributed by atoms with Gasteiger partial charge in [0.15, 0.2) is 5.78 Å². The van der Waals surface area contributed by atoms with Gasteiger partial charge in [0.2, 0.25) is 0 Å². The summed E-state index contributed by atoms with van der Waals surface area (Å²) in [7, 11) is 0. The molecule has 7 heteroatoms. The summed E-state index contributed by atoms with van der Waals surface area (Å²) < 4.78 is 13.7. The smallest absolute Gasteiger partial charge is 0.258 e. The maximum absolute atomic E-state index is 13.7. The highest BCUT2D eigenvalue weighted by atomic mass is 32.1. The molecule has 2 aromatic carbocycles. The Kier molecular flexibility index (Phi) is 5.46. The zero-order valence-corrected chi connectivity index (χ0v) is 17.1. The fourth-order valence-corrected chi connectivity index (χ4v) is 4.34. The van der Waals surface area contributed by atoms with Gasteiger partial charge in [-0.1, -0.05) is 6.07 Å². The highest BCUT2D eigenvalue weighted by Crippen LogP contribution is 2.32. The molecule has 0 atom stereocenters. The quantitative estimate of drug-likeness (QED) is 0.641. The fraction of sp³-hybridized carbons (Fsp3) is 0.174. The molecule has 1 aromatic heterocycles. The van der Waals surface area contributed by atoms with E-state index in [-0.39, 0.29) is 22.8 Å². The number of anilines is 2. The van der Waals surface area contributed by atoms with Gasteiger partial charge in [-0.3, -0.25) is 14.4 Å². The normalized spacial score (nSPS) is 13.5. The van der Waals surface area contributed by atoms with Crippen molar-refractivity contribution in [3.05, 3.63) is 81.3 Å². The van der Waals surface area contributed by atoms with Gasteiger partial charge >= 0.3 is 0 Å². The van der Waals surface area contributed by atoms with Gasteiger partial charge in [-0.2, -0.15) is 0 Å². The Bertz CT molecular complexity index is 1140. The number of rotatable bonds is 3. The van der Waals surface area contributed by atoms with E-state index < -0.39 is 11.7 Å². The molecule has 2 amide bonds. The van der Waals surface area contributed by atoms with Crippen LogP contribution in [0.15, 0.2) is 53.9 Å². The zero-order chi connectivity index (χ0) is 21.3. The molecular weight excluding hydrogens is 403 g/mol. The number of Topliss-reactive ketones (excluding diaryl/α,β-unsaturated/α-hetero) is 1. The molecule has 0 bridgehead atoms. The first-order chi connectivity index (χ1) is 14.5. The number of hydrogen-bond donors (Lipinski definition) is 1. The summed E-state index contributed by atoms with van der Waals surface area (Å²) in [6.07, 6.45) is 1.05. The lowest BCUT2D eigenvalue weighted by atomic mass is 10.1. The molecule has 152 valence electrons. The molecule has 2 heterocycles. The fourth-order valence-electron chi connectivity index (χ4n) is 3.47. The van der Waals surface area contributed by atoms with Gasteiger partial charge in [-0.25, -0.2) is 4.39 Å². The molecule has 0 unspecified atom stereocenters. The predicted octanol–water partition coefficient (Wildman–Crippen LogP) is 5.07. The third-order valence-corrected chi connectivity index (χ3v) is 6.07. The number of ketones is 1. The molecule has 3 aromatic rings. The molecule has 1 aliphatic rings. The van der Waals surface area contributed by atoms with E-state index in [4.69, 9.17) is 0 Å². The van der Waals surface area contributed by atoms with Crippen molar-refractivity contribution in [2.45, 2.75) is 19.8 Å². The second-order valence-electron chi connectivity index (χ2n) is 7.06. The number of hydrogen-bond acceptors (Lipinski definition) is 4. The minimum Gasteiger partial charge on any atom is -0.322 e. The number of amides is 2. The van der Waals surface area contributed by atoms with Gasteiger partial charge < -0.3 is 10.2 Å². The minimum atomic E-state index is -0.438. The van der Waals surface area contributed by atoms with Crippen LogP contribution in [0.5, 0.6) is 0 Å². The Labute approximate surface area is 177 Å². The molecule has 5 nitrogen and oxygen atoms in total. The summed E-state index contributed by atoms with van der Waals surface area (Å²) in [5, 5.41) is 4.55. The molecule has 0 radical (unpaired) electrons. The van der Waals surface area contributed by atoms with E-state index in [0.717, 1.165) is 0 Å². The first kappa shape index (κ1) is 20.0. The minimum absolute atomic E-state index is 0.0704. The lowest BCUT2D eigenvalue weighted by Crippen LogP contribution is -2.31. The van der Waals surface area contributed by atoms with Gasteiger partial charge in [0, 0.05) is 29.8 Å². The summed E-state index contributed by atoms with van der Waals surface area (Å²) in [6.45, 7) is 2.03. The molecule has 4 rings (SSSR count). The summed E-state index contributed by atoms with van der Waals surface area (Å²) in [5.41, 5.74) is 2.16. The van der Waals surface area contributed by atoms with Crippen molar-refractivity contribution >= 4 is 40.3 Å². The number of thiophene rings is 1. The maximum atomic E-state index is 13.7. The third kappa shape index (κ3) is 3.76. The van der Waals surface area contributed by atoms with Crippen LogP contribution in [0.25, 0.3) is 0 Å². The molecular formula is C23H19FN2O3S. The summed E-state index contributed by atoms with van der Waals surface area (Å²) in [5.74, 6) is -0.975. The number of nitrogens with zero attached hydrogens (tertiary/aromatic N) is 1. The number of halogens is 1. The van der Waals surface area contributed by atoms with E-state index >= 15 is 0 Å². The van der Waals surface area contributed by atoms with Crippen molar-refractivity contribution in [2.75, 3.05) is 16.8 Å². The summed E-state index contributed by atoms with van der Waals surface area (Å²) in [6, 6.07) is 12.7. The van der Waals surface area contributed by atoms with Crippen molar-refractivity contribution in [1.82, 2.24) is 0 Å². The summed E-state index contributed by atoms with van der Waals surface area (Å²) >= 11 is 1.35. The SMILES string of the molecule is Cc1c(F)cccc1C(=O)Nc1ccc(C(=O)N2CCCC(=O)c3sccc32)cc1. The first-order valence-electron chi connectivity index (χ1n) is 9.55. The van der Waals surface area contributed by atoms with Crippen LogP contribution in [0.1, 0.15) is 48.8 Å². The standard InChI is InChI=1S/C23H19FN2O3S/c1-14-17(4-2-5-18(14)24)22(28)25-16-9-7-15(8-10-16)23(29)26-12-3-6-20(27)21-19(26)11-13-30-21/h2,4-5,7-11,13H,3,6,12H2,1H3,(H,25,28). The second kappa shape index (κ2) is 8.20. The Hall–Kier alpha value is -3.32. The van der Waals surface area contributed by atoms with Crippen molar-refractivity contribution in [1.29, 1.82) is 0 Å². The van der Waals surface area contributed by atoms with E-state index in [9.17, 15) is 18.8 Å². The number of nitrogens with one attached hydrogen (secondary N) is 1. The van der Waals surface area contributed by atoms with Gasteiger partial charge in [0.1, 0.15) is 5.82 Å². The van der Waals surface area contributed by atoms with Crippen LogP contribution in [-0.2, 0) is 0 Å². The van der Waals surface area contributed by atoms with E-state index in [1.165, 1.54) is 23.5 Å². The van der Waals surface area contributed by atoms with Crippen molar-refractivity contribution in [3.8, 4) is 0 Å². The van der Waals surface area contributed by atoms with Crippen LogP contribution in [0, 0.1) is 12.7 Å². The zero-order valence-electron chi connectivity index (χ0n) is 16.3. The molecule has 1 aliphatic heterocycles. The van der Waals surface area contributed by atoms with Gasteiger partial charge in [-0.05, 0) is 66.8 Å². The van der Waals surface area contributed by atoms with E-state index in [1.807, 2.05) is 5.38 Å². The average Bonchev–Trinajstić information content (AvgIpc) is 3.17. The van der Waals surface area contributed by atoms with Crippen LogP contribution >= 0.6 is 11.3 Å². The molecule has 30 heavy (non-hydrogen) atoms. The monoisotopic (exact) mass is 422 g/mol. The van der Waals surface area contributed by atoms with Gasteiger partial charge in [-0.15, -0.1) is 11.3 Å². The van der Waals surface area contributed by atoms with Crippen LogP contribution < -0.4 is 10.2 Å². The molecule has 1 N–H and O–H groups in total. The van der Waals surface area contributed by atoms with Crippen LogP contribution in [0.4, 0.5) is 15.8 Å². The topological polar surface area (TPSA) is 66.5 Å². The van der Waals surface area contributed by atoms with E-state index in [0.29, 0.717) is 41.2 Å². The van der Waals surface area contributed by atoms with Gasteiger partial charge in [0.25, 0.3) is 11.8 Å². The predicted molar refractivity (Wildman–Crippen MR) is 115 cm³/mol. The largest absolute Gasteiger partial charge is 0.322 e. The lowest BCUT2D eigenvalue weighted by Gasteiger charge is -2.21. The number of carbonyl (C=O) groups excluding carboxylic acids is 3. The van der Waals surface area contributed by atoms with Crippen LogP contribution in [-0.4, -0.2) is 24.1 Å². The van der Waals surface area contributed by atoms with Crippen molar-refractivity contribution in [3.63, 3.8) is 0 Å². The van der Waals surface area contributed by atoms with E-state index in [1.54, 1.807) is 48.2 Å². The molecule has 0 saturated carbocycles. The Morgan fingerprint density at radius 1 is 1.10 bits per heavy atom. The lowest BCUT2D eigenvalue weighted by molar-refractivity contribution is 0.0975. The van der Waals surface area contributed by atoms with Crippen molar-refractivity contribution < 1.29 is 18.8 Å². The number of benzene rings is 2. The van der Waals surface area contributed by atoms with E-state index in [2.05, 4.69) is 5.32 Å². The first-order valence-corrected chi connectivity index (χ1v) is 10.4.